The van der Waals surface area contributed by atoms with Gasteiger partial charge in [-0.1, -0.05) is 78.9 Å². The molecule has 3 nitrogen and oxygen atoms in total. The first-order valence-corrected chi connectivity index (χ1v) is 15.4. The number of hydrogen-bond donors (Lipinski definition) is 0. The monoisotopic (exact) mass is 577 g/mol. The van der Waals surface area contributed by atoms with Crippen LogP contribution < -0.4 is 0 Å². The third kappa shape index (κ3) is 3.99. The Balaban J connectivity index is 1.21. The number of aromatic nitrogens is 3. The summed E-state index contributed by atoms with van der Waals surface area (Å²) in [6.45, 7) is 0. The summed E-state index contributed by atoms with van der Waals surface area (Å²) in [5, 5.41) is 5.15. The van der Waals surface area contributed by atoms with Crippen molar-refractivity contribution in [2.24, 2.45) is 0 Å². The second-order valence-corrected chi connectivity index (χ2v) is 12.0. The van der Waals surface area contributed by atoms with Crippen molar-refractivity contribution in [3.05, 3.63) is 152 Å². The molecular weight excluding hydrogens is 555 g/mol. The summed E-state index contributed by atoms with van der Waals surface area (Å²) < 4.78 is 4.99. The molecule has 3 heterocycles. The van der Waals surface area contributed by atoms with Crippen LogP contribution in [0.15, 0.2) is 140 Å². The van der Waals surface area contributed by atoms with Crippen molar-refractivity contribution < 1.29 is 0 Å². The fourth-order valence-corrected chi connectivity index (χ4v) is 7.33. The molecule has 3 aromatic heterocycles. The highest BCUT2D eigenvalue weighted by Gasteiger charge is 2.16. The molecule has 0 aliphatic rings. The van der Waals surface area contributed by atoms with Gasteiger partial charge >= 0.3 is 0 Å². The molecule has 0 N–H and O–H groups in total. The van der Waals surface area contributed by atoms with Crippen molar-refractivity contribution in [2.45, 2.75) is 0 Å². The van der Waals surface area contributed by atoms with Crippen LogP contribution in [0.5, 0.6) is 0 Å². The summed E-state index contributed by atoms with van der Waals surface area (Å²) in [5.41, 5.74) is 8.26. The van der Waals surface area contributed by atoms with Crippen LogP contribution in [0, 0.1) is 12.1 Å². The van der Waals surface area contributed by atoms with Crippen molar-refractivity contribution >= 4 is 53.3 Å². The van der Waals surface area contributed by atoms with Gasteiger partial charge in [0.05, 0.1) is 22.4 Å². The molecule has 0 aliphatic carbocycles. The van der Waals surface area contributed by atoms with Gasteiger partial charge in [0.1, 0.15) is 0 Å². The van der Waals surface area contributed by atoms with Crippen LogP contribution in [0.25, 0.3) is 81.6 Å². The SMILES string of the molecule is c1ccc(-c2cc(-c3ccccc3)nc(-c3ccc(-n4c5ccccc5c5cc6c(cc54)sc4ccccc46)cc3)n2)cc#1. The molecule has 0 aliphatic heterocycles. The zero-order chi connectivity index (χ0) is 29.0. The van der Waals surface area contributed by atoms with Gasteiger partial charge in [-0.25, -0.2) is 9.97 Å². The number of benzene rings is 5. The van der Waals surface area contributed by atoms with E-state index in [9.17, 15) is 0 Å². The quantitative estimate of drug-likeness (QED) is 0.208. The van der Waals surface area contributed by atoms with E-state index in [1.165, 1.54) is 42.0 Å². The maximum absolute atomic E-state index is 5.01. The molecule has 44 heavy (non-hydrogen) atoms. The van der Waals surface area contributed by atoms with Gasteiger partial charge in [-0.05, 0) is 72.8 Å². The lowest BCUT2D eigenvalue weighted by molar-refractivity contribution is 1.16. The van der Waals surface area contributed by atoms with Gasteiger partial charge in [0.2, 0.25) is 0 Å². The van der Waals surface area contributed by atoms with Gasteiger partial charge in [-0.15, -0.1) is 11.3 Å². The molecule has 0 spiro atoms. The standard InChI is InChI=1S/C40H23N3S/c1-3-11-26(12-4-1)34-24-35(27-13-5-2-6-14-27)42-40(41-34)28-19-21-29(22-20-28)43-36-17-9-7-15-30(36)32-23-33-31-16-8-10-18-38(31)44-39(33)25-37(32)43/h1,3-5,7-25H. The molecule has 204 valence electrons. The molecule has 0 radical (unpaired) electrons. The zero-order valence-electron chi connectivity index (χ0n) is 23.5. The summed E-state index contributed by atoms with van der Waals surface area (Å²) >= 11 is 1.85. The van der Waals surface area contributed by atoms with Gasteiger partial charge in [0.15, 0.2) is 5.82 Å². The van der Waals surface area contributed by atoms with Crippen LogP contribution in [-0.2, 0) is 0 Å². The fraction of sp³-hybridized carbons (Fsp3) is 0. The van der Waals surface area contributed by atoms with E-state index in [0.29, 0.717) is 5.82 Å². The molecule has 0 saturated carbocycles. The third-order valence-corrected chi connectivity index (χ3v) is 9.44. The van der Waals surface area contributed by atoms with E-state index in [4.69, 9.17) is 9.97 Å². The second kappa shape index (κ2) is 9.91. The summed E-state index contributed by atoms with van der Waals surface area (Å²) in [6, 6.07) is 54.9. The first kappa shape index (κ1) is 24.8. The van der Waals surface area contributed by atoms with Crippen molar-refractivity contribution in [2.75, 3.05) is 0 Å². The number of fused-ring (bicyclic) bond motifs is 6. The Morgan fingerprint density at radius 3 is 2.07 bits per heavy atom. The number of hydrogen-bond acceptors (Lipinski definition) is 3. The molecule has 0 fully saturated rings. The van der Waals surface area contributed by atoms with Crippen LogP contribution in [-0.4, -0.2) is 14.5 Å². The molecule has 0 saturated heterocycles. The van der Waals surface area contributed by atoms with E-state index in [1.54, 1.807) is 0 Å². The molecule has 9 aromatic rings. The van der Waals surface area contributed by atoms with E-state index in [-0.39, 0.29) is 0 Å². The van der Waals surface area contributed by atoms with Gasteiger partial charge < -0.3 is 4.57 Å². The fourth-order valence-electron chi connectivity index (χ4n) is 6.21. The summed E-state index contributed by atoms with van der Waals surface area (Å²) in [6.07, 6.45) is 0. The smallest absolute Gasteiger partial charge is 0.160 e. The summed E-state index contributed by atoms with van der Waals surface area (Å²) in [4.78, 5) is 10.0. The maximum Gasteiger partial charge on any atom is 0.160 e. The van der Waals surface area contributed by atoms with E-state index in [0.717, 1.165) is 33.8 Å². The molecular formula is C40H23N3S. The molecule has 0 unspecified atom stereocenters. The van der Waals surface area contributed by atoms with Gasteiger partial charge in [-0.3, -0.25) is 0 Å². The van der Waals surface area contributed by atoms with Crippen LogP contribution in [0.1, 0.15) is 0 Å². The predicted octanol–water partition coefficient (Wildman–Crippen LogP) is 10.5. The maximum atomic E-state index is 5.01. The molecule has 6 aromatic carbocycles. The van der Waals surface area contributed by atoms with Crippen LogP contribution >= 0.6 is 11.3 Å². The van der Waals surface area contributed by atoms with E-state index < -0.39 is 0 Å². The highest BCUT2D eigenvalue weighted by Crippen LogP contribution is 2.40. The Morgan fingerprint density at radius 1 is 0.500 bits per heavy atom. The number of rotatable bonds is 4. The predicted molar refractivity (Wildman–Crippen MR) is 183 cm³/mol. The Kier molecular flexibility index (Phi) is 5.59. The molecule has 9 rings (SSSR count). The van der Waals surface area contributed by atoms with Gasteiger partial charge in [0, 0.05) is 53.3 Å². The molecule has 0 atom stereocenters. The van der Waals surface area contributed by atoms with E-state index in [1.807, 2.05) is 53.8 Å². The normalized spacial score (nSPS) is 11.5. The van der Waals surface area contributed by atoms with Crippen LogP contribution in [0.4, 0.5) is 0 Å². The first-order valence-electron chi connectivity index (χ1n) is 14.6. The first-order chi connectivity index (χ1) is 21.8. The van der Waals surface area contributed by atoms with Crippen molar-refractivity contribution in [3.63, 3.8) is 0 Å². The molecule has 4 heteroatoms. The Labute approximate surface area is 258 Å². The van der Waals surface area contributed by atoms with Crippen molar-refractivity contribution in [3.8, 4) is 39.6 Å². The summed E-state index contributed by atoms with van der Waals surface area (Å²) in [7, 11) is 0. The topological polar surface area (TPSA) is 30.7 Å². The number of thiophene rings is 1. The number of nitrogens with zero attached hydrogens (tertiary/aromatic N) is 3. The number of para-hydroxylation sites is 1. The minimum Gasteiger partial charge on any atom is -0.309 e. The average molecular weight is 578 g/mol. The lowest BCUT2D eigenvalue weighted by atomic mass is 10.1. The minimum atomic E-state index is 0.690. The van der Waals surface area contributed by atoms with Crippen LogP contribution in [0.3, 0.4) is 0 Å². The highest BCUT2D eigenvalue weighted by atomic mass is 32.1. The van der Waals surface area contributed by atoms with Crippen molar-refractivity contribution in [1.82, 2.24) is 14.5 Å². The Morgan fingerprint density at radius 2 is 1.25 bits per heavy atom. The minimum absolute atomic E-state index is 0.690. The van der Waals surface area contributed by atoms with Gasteiger partial charge in [-0.2, -0.15) is 0 Å². The average Bonchev–Trinajstić information content (AvgIpc) is 3.62. The zero-order valence-corrected chi connectivity index (χ0v) is 24.3. The Hall–Kier alpha value is -5.76. The highest BCUT2D eigenvalue weighted by molar-refractivity contribution is 7.25. The largest absolute Gasteiger partial charge is 0.309 e. The van der Waals surface area contributed by atoms with E-state index >= 15 is 0 Å². The van der Waals surface area contributed by atoms with Gasteiger partial charge in [0.25, 0.3) is 0 Å². The van der Waals surface area contributed by atoms with Crippen LogP contribution in [0.2, 0.25) is 0 Å². The summed E-state index contributed by atoms with van der Waals surface area (Å²) in [5.74, 6) is 0.690. The Bertz CT molecular complexity index is 2420. The lowest BCUT2D eigenvalue weighted by Gasteiger charge is -2.11. The second-order valence-electron chi connectivity index (χ2n) is 10.9. The third-order valence-electron chi connectivity index (χ3n) is 8.30. The van der Waals surface area contributed by atoms with Crippen molar-refractivity contribution in [1.29, 1.82) is 0 Å². The lowest BCUT2D eigenvalue weighted by Crippen LogP contribution is -1.97. The molecule has 0 amide bonds. The van der Waals surface area contributed by atoms with E-state index in [2.05, 4.69) is 114 Å². The molecule has 0 bridgehead atoms.